The van der Waals surface area contributed by atoms with Crippen molar-refractivity contribution in [3.8, 4) is 11.1 Å². The van der Waals surface area contributed by atoms with E-state index in [0.29, 0.717) is 5.56 Å². The van der Waals surface area contributed by atoms with Crippen molar-refractivity contribution in [1.29, 1.82) is 0 Å². The summed E-state index contributed by atoms with van der Waals surface area (Å²) in [6.45, 7) is 0. The molecule has 1 nitrogen and oxygen atoms in total. The maximum Gasteiger partial charge on any atom is 0.128 e. The van der Waals surface area contributed by atoms with Crippen LogP contribution in [0.15, 0.2) is 42.5 Å². The topological polar surface area (TPSA) is 26.0 Å². The van der Waals surface area contributed by atoms with Crippen LogP contribution < -0.4 is 5.73 Å². The zero-order valence-electron chi connectivity index (χ0n) is 9.79. The van der Waals surface area contributed by atoms with Crippen molar-refractivity contribution in [3.05, 3.63) is 59.7 Å². The van der Waals surface area contributed by atoms with E-state index in [1.807, 2.05) is 0 Å². The Morgan fingerprint density at radius 3 is 2.11 bits per heavy atom. The molecule has 0 spiro atoms. The predicted octanol–water partition coefficient (Wildman–Crippen LogP) is 3.58. The van der Waals surface area contributed by atoms with Crippen molar-refractivity contribution in [3.63, 3.8) is 0 Å². The van der Waals surface area contributed by atoms with Crippen molar-refractivity contribution in [2.45, 2.75) is 18.4 Å². The van der Waals surface area contributed by atoms with E-state index in [0.717, 1.165) is 24.0 Å². The van der Waals surface area contributed by atoms with Gasteiger partial charge in [-0.05, 0) is 48.2 Å². The summed E-state index contributed by atoms with van der Waals surface area (Å²) in [5.41, 5.74) is 7.83. The minimum atomic E-state index is -0.500. The van der Waals surface area contributed by atoms with E-state index >= 15 is 0 Å². The van der Waals surface area contributed by atoms with Crippen LogP contribution in [-0.4, -0.2) is 0 Å². The van der Waals surface area contributed by atoms with Gasteiger partial charge in [0, 0.05) is 11.1 Å². The van der Waals surface area contributed by atoms with E-state index in [2.05, 4.69) is 0 Å². The molecule has 0 unspecified atom stereocenters. The van der Waals surface area contributed by atoms with Crippen molar-refractivity contribution in [1.82, 2.24) is 0 Å². The fraction of sp³-hybridized carbons (Fsp3) is 0.200. The Kier molecular flexibility index (Phi) is 2.45. The third-order valence-electron chi connectivity index (χ3n) is 3.47. The Balaban J connectivity index is 2.05. The summed E-state index contributed by atoms with van der Waals surface area (Å²) in [4.78, 5) is 0. The second kappa shape index (κ2) is 3.89. The van der Waals surface area contributed by atoms with Gasteiger partial charge in [0.15, 0.2) is 0 Å². The maximum atomic E-state index is 13.7. The average molecular weight is 245 g/mol. The highest BCUT2D eigenvalue weighted by Crippen LogP contribution is 2.44. The first kappa shape index (κ1) is 11.4. The fourth-order valence-corrected chi connectivity index (χ4v) is 2.13. The molecule has 0 amide bonds. The fourth-order valence-electron chi connectivity index (χ4n) is 2.13. The van der Waals surface area contributed by atoms with Crippen LogP contribution in [0.2, 0.25) is 0 Å². The Bertz CT molecular complexity index is 586. The molecule has 1 fully saturated rings. The second-order valence-electron chi connectivity index (χ2n) is 4.86. The van der Waals surface area contributed by atoms with E-state index < -0.39 is 5.54 Å². The van der Waals surface area contributed by atoms with Crippen molar-refractivity contribution >= 4 is 0 Å². The van der Waals surface area contributed by atoms with Gasteiger partial charge in [0.2, 0.25) is 0 Å². The Labute approximate surface area is 104 Å². The lowest BCUT2D eigenvalue weighted by molar-refractivity contribution is 0.578. The first-order valence-electron chi connectivity index (χ1n) is 5.93. The second-order valence-corrected chi connectivity index (χ2v) is 4.86. The van der Waals surface area contributed by atoms with Gasteiger partial charge in [-0.2, -0.15) is 0 Å². The van der Waals surface area contributed by atoms with Crippen LogP contribution in [0.3, 0.4) is 0 Å². The molecule has 0 bridgehead atoms. The summed E-state index contributed by atoms with van der Waals surface area (Å²) < 4.78 is 26.6. The molecule has 1 saturated carbocycles. The lowest BCUT2D eigenvalue weighted by Gasteiger charge is -2.12. The summed E-state index contributed by atoms with van der Waals surface area (Å²) in [5.74, 6) is -0.542. The number of hydrogen-bond donors (Lipinski definition) is 1. The average Bonchev–Trinajstić information content (AvgIpc) is 3.10. The van der Waals surface area contributed by atoms with Gasteiger partial charge in [-0.1, -0.05) is 18.2 Å². The molecule has 0 aromatic heterocycles. The SMILES string of the molecule is NC1(c2cc(-c3ccc(F)cc3)ccc2F)CC1. The smallest absolute Gasteiger partial charge is 0.128 e. The zero-order chi connectivity index (χ0) is 12.8. The van der Waals surface area contributed by atoms with Crippen molar-refractivity contribution in [2.75, 3.05) is 0 Å². The van der Waals surface area contributed by atoms with E-state index in [9.17, 15) is 8.78 Å². The molecule has 1 aliphatic carbocycles. The molecule has 92 valence electrons. The largest absolute Gasteiger partial charge is 0.321 e. The van der Waals surface area contributed by atoms with Crippen LogP contribution in [0.25, 0.3) is 11.1 Å². The molecular formula is C15H13F2N. The van der Waals surface area contributed by atoms with E-state index in [1.54, 1.807) is 24.3 Å². The Hall–Kier alpha value is -1.74. The van der Waals surface area contributed by atoms with Crippen LogP contribution in [-0.2, 0) is 5.54 Å². The summed E-state index contributed by atoms with van der Waals surface area (Å²) in [6, 6.07) is 11.1. The van der Waals surface area contributed by atoms with Gasteiger partial charge in [0.25, 0.3) is 0 Å². The van der Waals surface area contributed by atoms with Gasteiger partial charge < -0.3 is 5.73 Å². The van der Waals surface area contributed by atoms with Crippen LogP contribution in [0.1, 0.15) is 18.4 Å². The van der Waals surface area contributed by atoms with E-state index in [-0.39, 0.29) is 11.6 Å². The molecule has 3 rings (SSSR count). The molecule has 0 aliphatic heterocycles. The molecule has 1 aliphatic rings. The molecule has 0 saturated heterocycles. The molecule has 2 N–H and O–H groups in total. The van der Waals surface area contributed by atoms with Crippen LogP contribution in [0.4, 0.5) is 8.78 Å². The molecule has 3 heteroatoms. The minimum Gasteiger partial charge on any atom is -0.321 e. The van der Waals surface area contributed by atoms with Gasteiger partial charge >= 0.3 is 0 Å². The quantitative estimate of drug-likeness (QED) is 0.859. The summed E-state index contributed by atoms with van der Waals surface area (Å²) in [7, 11) is 0. The maximum absolute atomic E-state index is 13.7. The predicted molar refractivity (Wildman–Crippen MR) is 66.9 cm³/mol. The van der Waals surface area contributed by atoms with Crippen LogP contribution in [0.5, 0.6) is 0 Å². The molecule has 0 heterocycles. The lowest BCUT2D eigenvalue weighted by Crippen LogP contribution is -2.20. The highest BCUT2D eigenvalue weighted by molar-refractivity contribution is 5.65. The number of hydrogen-bond acceptors (Lipinski definition) is 1. The van der Waals surface area contributed by atoms with Crippen molar-refractivity contribution in [2.24, 2.45) is 5.73 Å². The van der Waals surface area contributed by atoms with E-state index in [1.165, 1.54) is 18.2 Å². The summed E-state index contributed by atoms with van der Waals surface area (Å²) in [5, 5.41) is 0. The minimum absolute atomic E-state index is 0.263. The molecule has 2 aromatic carbocycles. The Morgan fingerprint density at radius 1 is 0.889 bits per heavy atom. The third-order valence-corrected chi connectivity index (χ3v) is 3.47. The van der Waals surface area contributed by atoms with Crippen LogP contribution >= 0.6 is 0 Å². The molecule has 0 atom stereocenters. The van der Waals surface area contributed by atoms with Gasteiger partial charge in [0.05, 0.1) is 0 Å². The summed E-state index contributed by atoms with van der Waals surface area (Å²) >= 11 is 0. The van der Waals surface area contributed by atoms with Gasteiger partial charge in [-0.15, -0.1) is 0 Å². The lowest BCUT2D eigenvalue weighted by atomic mass is 9.98. The number of nitrogens with two attached hydrogens (primary N) is 1. The third kappa shape index (κ3) is 1.91. The van der Waals surface area contributed by atoms with Gasteiger partial charge in [-0.3, -0.25) is 0 Å². The zero-order valence-corrected chi connectivity index (χ0v) is 9.79. The van der Waals surface area contributed by atoms with Gasteiger partial charge in [-0.25, -0.2) is 8.78 Å². The first-order chi connectivity index (χ1) is 8.58. The monoisotopic (exact) mass is 245 g/mol. The normalized spacial score (nSPS) is 16.6. The number of benzene rings is 2. The van der Waals surface area contributed by atoms with Crippen molar-refractivity contribution < 1.29 is 8.78 Å². The molecular weight excluding hydrogens is 232 g/mol. The molecule has 2 aromatic rings. The molecule has 18 heavy (non-hydrogen) atoms. The van der Waals surface area contributed by atoms with E-state index in [4.69, 9.17) is 5.73 Å². The number of rotatable bonds is 2. The first-order valence-corrected chi connectivity index (χ1v) is 5.93. The summed E-state index contributed by atoms with van der Waals surface area (Å²) in [6.07, 6.45) is 1.63. The van der Waals surface area contributed by atoms with Crippen LogP contribution in [0, 0.1) is 11.6 Å². The number of halogens is 2. The van der Waals surface area contributed by atoms with Gasteiger partial charge in [0.1, 0.15) is 11.6 Å². The highest BCUT2D eigenvalue weighted by atomic mass is 19.1. The Morgan fingerprint density at radius 2 is 1.50 bits per heavy atom. The highest BCUT2D eigenvalue weighted by Gasteiger charge is 2.42. The molecule has 0 radical (unpaired) electrons. The standard InChI is InChI=1S/C15H13F2N/c16-12-4-1-10(2-5-12)11-3-6-14(17)13(9-11)15(18)7-8-15/h1-6,9H,7-8,18H2.